The van der Waals surface area contributed by atoms with Crippen LogP contribution in [0.3, 0.4) is 0 Å². The Morgan fingerprint density at radius 1 is 1.20 bits per heavy atom. The highest BCUT2D eigenvalue weighted by molar-refractivity contribution is 5.70. The van der Waals surface area contributed by atoms with Gasteiger partial charge in [0.25, 0.3) is 0 Å². The third-order valence-electron chi connectivity index (χ3n) is 4.32. The molecule has 3 heteroatoms. The van der Waals surface area contributed by atoms with E-state index in [0.29, 0.717) is 12.0 Å². The Balaban J connectivity index is 1.77. The first-order valence-corrected chi connectivity index (χ1v) is 7.61. The predicted octanol–water partition coefficient (Wildman–Crippen LogP) is 3.54. The first-order valence-electron chi connectivity index (χ1n) is 7.61. The van der Waals surface area contributed by atoms with E-state index in [0.717, 1.165) is 32.2 Å². The Labute approximate surface area is 121 Å². The third kappa shape index (κ3) is 4.07. The largest absolute Gasteiger partial charge is 0.481 e. The molecule has 0 saturated heterocycles. The minimum Gasteiger partial charge on any atom is -0.481 e. The summed E-state index contributed by atoms with van der Waals surface area (Å²) in [6.45, 7) is 5.28. The molecule has 0 atom stereocenters. The molecule has 110 valence electrons. The zero-order chi connectivity index (χ0) is 14.5. The van der Waals surface area contributed by atoms with Crippen molar-refractivity contribution in [2.45, 2.75) is 58.0 Å². The van der Waals surface area contributed by atoms with Crippen molar-refractivity contribution in [3.8, 4) is 0 Å². The quantitative estimate of drug-likeness (QED) is 0.864. The van der Waals surface area contributed by atoms with E-state index >= 15 is 0 Å². The monoisotopic (exact) mass is 275 g/mol. The smallest absolute Gasteiger partial charge is 0.306 e. The van der Waals surface area contributed by atoms with Crippen molar-refractivity contribution >= 4 is 5.97 Å². The number of rotatable bonds is 5. The van der Waals surface area contributed by atoms with Gasteiger partial charge >= 0.3 is 5.97 Å². The molecule has 0 bridgehead atoms. The van der Waals surface area contributed by atoms with Crippen LogP contribution in [0, 0.1) is 5.92 Å². The van der Waals surface area contributed by atoms with E-state index in [1.165, 1.54) is 11.1 Å². The molecule has 20 heavy (non-hydrogen) atoms. The number of carboxylic acids is 1. The summed E-state index contributed by atoms with van der Waals surface area (Å²) in [5.41, 5.74) is 2.67. The highest BCUT2D eigenvalue weighted by Gasteiger charge is 2.25. The summed E-state index contributed by atoms with van der Waals surface area (Å²) in [5, 5.41) is 12.5. The van der Waals surface area contributed by atoms with Gasteiger partial charge in [0.2, 0.25) is 0 Å². The molecule has 1 aromatic rings. The lowest BCUT2D eigenvalue weighted by molar-refractivity contribution is -0.142. The van der Waals surface area contributed by atoms with Crippen LogP contribution in [0.4, 0.5) is 0 Å². The highest BCUT2D eigenvalue weighted by atomic mass is 16.4. The second-order valence-electron chi connectivity index (χ2n) is 6.16. The Morgan fingerprint density at radius 3 is 2.30 bits per heavy atom. The molecule has 0 unspecified atom stereocenters. The molecular weight excluding hydrogens is 250 g/mol. The number of hydrogen-bond donors (Lipinski definition) is 2. The molecule has 0 spiro atoms. The second kappa shape index (κ2) is 6.89. The van der Waals surface area contributed by atoms with Crippen LogP contribution in [0.1, 0.15) is 56.6 Å². The van der Waals surface area contributed by atoms with E-state index < -0.39 is 5.97 Å². The van der Waals surface area contributed by atoms with Crippen molar-refractivity contribution in [1.29, 1.82) is 0 Å². The maximum atomic E-state index is 10.9. The molecule has 2 N–H and O–H groups in total. The maximum Gasteiger partial charge on any atom is 0.306 e. The third-order valence-corrected chi connectivity index (χ3v) is 4.32. The van der Waals surface area contributed by atoms with Gasteiger partial charge in [0.05, 0.1) is 5.92 Å². The first kappa shape index (κ1) is 15.0. The number of hydrogen-bond acceptors (Lipinski definition) is 2. The van der Waals surface area contributed by atoms with E-state index in [4.69, 9.17) is 5.11 Å². The van der Waals surface area contributed by atoms with Crippen LogP contribution in [0.25, 0.3) is 0 Å². The first-order chi connectivity index (χ1) is 9.56. The summed E-state index contributed by atoms with van der Waals surface area (Å²) in [7, 11) is 0. The van der Waals surface area contributed by atoms with Gasteiger partial charge in [-0.25, -0.2) is 0 Å². The molecule has 2 rings (SSSR count). The van der Waals surface area contributed by atoms with Crippen molar-refractivity contribution in [2.24, 2.45) is 5.92 Å². The Hall–Kier alpha value is -1.35. The minimum absolute atomic E-state index is 0.127. The maximum absolute atomic E-state index is 10.9. The number of carboxylic acid groups (broad SMARTS) is 1. The van der Waals surface area contributed by atoms with Gasteiger partial charge in [0.15, 0.2) is 0 Å². The SMILES string of the molecule is CC(C)c1ccc(CNC2CCC(C(=O)O)CC2)cc1. The summed E-state index contributed by atoms with van der Waals surface area (Å²) >= 11 is 0. The van der Waals surface area contributed by atoms with Crippen molar-refractivity contribution in [2.75, 3.05) is 0 Å². The summed E-state index contributed by atoms with van der Waals surface area (Å²) in [5.74, 6) is -0.186. The number of aliphatic carboxylic acids is 1. The zero-order valence-corrected chi connectivity index (χ0v) is 12.4. The molecule has 0 amide bonds. The highest BCUT2D eigenvalue weighted by Crippen LogP contribution is 2.24. The summed E-state index contributed by atoms with van der Waals surface area (Å²) in [6.07, 6.45) is 3.56. The minimum atomic E-state index is -0.632. The van der Waals surface area contributed by atoms with Crippen molar-refractivity contribution < 1.29 is 9.90 Å². The average molecular weight is 275 g/mol. The fraction of sp³-hybridized carbons (Fsp3) is 0.588. The van der Waals surface area contributed by atoms with Crippen LogP contribution in [0.5, 0.6) is 0 Å². The normalized spacial score (nSPS) is 22.9. The molecule has 0 aliphatic heterocycles. The molecule has 1 fully saturated rings. The lowest BCUT2D eigenvalue weighted by Crippen LogP contribution is -2.34. The number of carbonyl (C=O) groups is 1. The van der Waals surface area contributed by atoms with Crippen LogP contribution in [-0.4, -0.2) is 17.1 Å². The van der Waals surface area contributed by atoms with Crippen LogP contribution in [-0.2, 0) is 11.3 Å². The van der Waals surface area contributed by atoms with Crippen molar-refractivity contribution in [1.82, 2.24) is 5.32 Å². The van der Waals surface area contributed by atoms with E-state index in [-0.39, 0.29) is 5.92 Å². The molecule has 1 aliphatic rings. The summed E-state index contributed by atoms with van der Waals surface area (Å²) < 4.78 is 0. The molecule has 0 heterocycles. The number of benzene rings is 1. The van der Waals surface area contributed by atoms with Gasteiger partial charge in [-0.05, 0) is 42.7 Å². The van der Waals surface area contributed by atoms with Gasteiger partial charge < -0.3 is 10.4 Å². The van der Waals surface area contributed by atoms with Gasteiger partial charge in [-0.2, -0.15) is 0 Å². The molecule has 3 nitrogen and oxygen atoms in total. The molecule has 1 aromatic carbocycles. The van der Waals surface area contributed by atoms with Crippen LogP contribution < -0.4 is 5.32 Å². The lowest BCUT2D eigenvalue weighted by atomic mass is 9.86. The molecule has 0 aromatic heterocycles. The molecule has 1 aliphatic carbocycles. The second-order valence-corrected chi connectivity index (χ2v) is 6.16. The molecular formula is C17H25NO2. The Bertz CT molecular complexity index is 431. The topological polar surface area (TPSA) is 49.3 Å². The lowest BCUT2D eigenvalue weighted by Gasteiger charge is -2.27. The van der Waals surface area contributed by atoms with E-state index in [9.17, 15) is 4.79 Å². The Morgan fingerprint density at radius 2 is 1.80 bits per heavy atom. The number of nitrogens with one attached hydrogen (secondary N) is 1. The van der Waals surface area contributed by atoms with E-state index in [2.05, 4.69) is 43.4 Å². The van der Waals surface area contributed by atoms with Crippen molar-refractivity contribution in [3.63, 3.8) is 0 Å². The van der Waals surface area contributed by atoms with Gasteiger partial charge in [0, 0.05) is 12.6 Å². The van der Waals surface area contributed by atoms with Gasteiger partial charge in [-0.1, -0.05) is 38.1 Å². The fourth-order valence-corrected chi connectivity index (χ4v) is 2.83. The van der Waals surface area contributed by atoms with Gasteiger partial charge in [-0.3, -0.25) is 4.79 Å². The summed E-state index contributed by atoms with van der Waals surface area (Å²) in [4.78, 5) is 10.9. The van der Waals surface area contributed by atoms with Crippen molar-refractivity contribution in [3.05, 3.63) is 35.4 Å². The van der Waals surface area contributed by atoms with Gasteiger partial charge in [0.1, 0.15) is 0 Å². The van der Waals surface area contributed by atoms with Crippen LogP contribution >= 0.6 is 0 Å². The van der Waals surface area contributed by atoms with E-state index in [1.54, 1.807) is 0 Å². The van der Waals surface area contributed by atoms with Crippen LogP contribution in [0.15, 0.2) is 24.3 Å². The predicted molar refractivity (Wildman–Crippen MR) is 80.8 cm³/mol. The standard InChI is InChI=1S/C17H25NO2/c1-12(2)14-5-3-13(4-6-14)11-18-16-9-7-15(8-10-16)17(19)20/h3-6,12,15-16,18H,7-11H2,1-2H3,(H,19,20). The summed E-state index contributed by atoms with van der Waals surface area (Å²) in [6, 6.07) is 9.23. The fourth-order valence-electron chi connectivity index (χ4n) is 2.83. The van der Waals surface area contributed by atoms with Crippen LogP contribution in [0.2, 0.25) is 0 Å². The average Bonchev–Trinajstić information content (AvgIpc) is 2.46. The zero-order valence-electron chi connectivity index (χ0n) is 12.4. The Kier molecular flexibility index (Phi) is 5.18. The van der Waals surface area contributed by atoms with Gasteiger partial charge in [-0.15, -0.1) is 0 Å². The van der Waals surface area contributed by atoms with E-state index in [1.807, 2.05) is 0 Å². The molecule has 0 radical (unpaired) electrons. The molecule has 1 saturated carbocycles.